The topological polar surface area (TPSA) is 38.7 Å². The smallest absolute Gasteiger partial charge is 0.235 e. The zero-order chi connectivity index (χ0) is 13.7. The molecule has 0 bridgehead atoms. The van der Waals surface area contributed by atoms with Gasteiger partial charge in [-0.15, -0.1) is 0 Å². The summed E-state index contributed by atoms with van der Waals surface area (Å²) in [5.74, 6) is 0.514. The van der Waals surface area contributed by atoms with E-state index in [4.69, 9.17) is 4.74 Å². The van der Waals surface area contributed by atoms with Gasteiger partial charge in [0.05, 0.1) is 13.2 Å². The number of aliphatic imine (C=N–C) groups is 1. The maximum absolute atomic E-state index is 13.5. The second-order valence-corrected chi connectivity index (χ2v) is 4.95. The summed E-state index contributed by atoms with van der Waals surface area (Å²) in [6.45, 7) is 0. The van der Waals surface area contributed by atoms with Crippen LogP contribution < -0.4 is 4.74 Å². The zero-order valence-electron chi connectivity index (χ0n) is 11.1. The molecule has 2 rings (SSSR count). The molecule has 1 aliphatic carbocycles. The molecule has 1 aliphatic rings. The monoisotopic (exact) mass is 263 g/mol. The number of benzene rings is 1. The first-order valence-electron chi connectivity index (χ1n) is 6.66. The van der Waals surface area contributed by atoms with Crippen molar-refractivity contribution >= 4 is 6.08 Å². The van der Waals surface area contributed by atoms with Crippen LogP contribution in [0.3, 0.4) is 0 Å². The van der Waals surface area contributed by atoms with Crippen LogP contribution in [0.2, 0.25) is 0 Å². The Kier molecular flexibility index (Phi) is 4.69. The Morgan fingerprint density at radius 3 is 2.74 bits per heavy atom. The Labute approximate surface area is 112 Å². The molecule has 0 amide bonds. The largest absolute Gasteiger partial charge is 0.496 e. The van der Waals surface area contributed by atoms with Gasteiger partial charge in [-0.3, -0.25) is 0 Å². The van der Waals surface area contributed by atoms with Gasteiger partial charge in [-0.05, 0) is 37.0 Å². The van der Waals surface area contributed by atoms with Gasteiger partial charge < -0.3 is 4.74 Å². The Morgan fingerprint density at radius 1 is 1.37 bits per heavy atom. The molecule has 1 fully saturated rings. The molecule has 0 N–H and O–H groups in total. The molecular weight excluding hydrogens is 245 g/mol. The highest BCUT2D eigenvalue weighted by molar-refractivity contribution is 5.41. The van der Waals surface area contributed by atoms with E-state index in [0.29, 0.717) is 11.3 Å². The first kappa shape index (κ1) is 13.8. The molecule has 1 saturated carbocycles. The van der Waals surface area contributed by atoms with Gasteiger partial charge in [-0.25, -0.2) is 9.18 Å². The summed E-state index contributed by atoms with van der Waals surface area (Å²) < 4.78 is 18.7. The zero-order valence-corrected chi connectivity index (χ0v) is 11.1. The van der Waals surface area contributed by atoms with Gasteiger partial charge in [0.2, 0.25) is 6.08 Å². The maximum atomic E-state index is 13.5. The number of hydrogen-bond donors (Lipinski definition) is 0. The Hall–Kier alpha value is -1.67. The van der Waals surface area contributed by atoms with Crippen LogP contribution in [0.1, 0.15) is 43.7 Å². The van der Waals surface area contributed by atoms with Crippen molar-refractivity contribution < 1.29 is 13.9 Å². The Balaban J connectivity index is 2.37. The molecule has 1 aromatic rings. The SMILES string of the molecule is COc1ccc(F)cc1C(N=C=O)C1CCCCC1. The van der Waals surface area contributed by atoms with Gasteiger partial charge in [-0.2, -0.15) is 4.99 Å². The van der Waals surface area contributed by atoms with Crippen molar-refractivity contribution in [2.24, 2.45) is 10.9 Å². The van der Waals surface area contributed by atoms with Crippen molar-refractivity contribution in [3.05, 3.63) is 29.6 Å². The van der Waals surface area contributed by atoms with Crippen molar-refractivity contribution in [2.45, 2.75) is 38.1 Å². The third kappa shape index (κ3) is 3.21. The first-order chi connectivity index (χ1) is 9.26. The minimum atomic E-state index is -0.344. The van der Waals surface area contributed by atoms with E-state index in [2.05, 4.69) is 4.99 Å². The van der Waals surface area contributed by atoms with Crippen molar-refractivity contribution in [3.8, 4) is 5.75 Å². The molecule has 0 saturated heterocycles. The molecule has 0 radical (unpaired) electrons. The van der Waals surface area contributed by atoms with Gasteiger partial charge in [0.25, 0.3) is 0 Å². The number of methoxy groups -OCH3 is 1. The van der Waals surface area contributed by atoms with Gasteiger partial charge in [0.15, 0.2) is 0 Å². The van der Waals surface area contributed by atoms with Crippen molar-refractivity contribution in [3.63, 3.8) is 0 Å². The molecule has 0 heterocycles. The molecule has 102 valence electrons. The van der Waals surface area contributed by atoms with Crippen molar-refractivity contribution in [2.75, 3.05) is 7.11 Å². The highest BCUT2D eigenvalue weighted by Crippen LogP contribution is 2.40. The predicted octanol–water partition coefficient (Wildman–Crippen LogP) is 3.79. The predicted molar refractivity (Wildman–Crippen MR) is 70.4 cm³/mol. The summed E-state index contributed by atoms with van der Waals surface area (Å²) in [6.07, 6.45) is 7.13. The quantitative estimate of drug-likeness (QED) is 0.612. The number of rotatable bonds is 4. The van der Waals surface area contributed by atoms with E-state index in [1.54, 1.807) is 19.3 Å². The lowest BCUT2D eigenvalue weighted by molar-refractivity contribution is 0.301. The molecule has 4 heteroatoms. The number of hydrogen-bond acceptors (Lipinski definition) is 3. The summed E-state index contributed by atoms with van der Waals surface area (Å²) in [6, 6.07) is 4.01. The average molecular weight is 263 g/mol. The normalized spacial score (nSPS) is 17.6. The number of isocyanates is 1. The van der Waals surface area contributed by atoms with E-state index in [0.717, 1.165) is 25.7 Å². The lowest BCUT2D eigenvalue weighted by atomic mass is 9.81. The fraction of sp³-hybridized carbons (Fsp3) is 0.533. The lowest BCUT2D eigenvalue weighted by Gasteiger charge is -2.27. The third-order valence-electron chi connectivity index (χ3n) is 3.80. The van der Waals surface area contributed by atoms with E-state index in [9.17, 15) is 9.18 Å². The molecule has 19 heavy (non-hydrogen) atoms. The van der Waals surface area contributed by atoms with E-state index in [-0.39, 0.29) is 17.8 Å². The van der Waals surface area contributed by atoms with Crippen LogP contribution >= 0.6 is 0 Å². The number of ether oxygens (including phenoxy) is 1. The fourth-order valence-corrected chi connectivity index (χ4v) is 2.87. The lowest BCUT2D eigenvalue weighted by Crippen LogP contribution is -2.15. The molecule has 0 spiro atoms. The van der Waals surface area contributed by atoms with Crippen LogP contribution in [0.15, 0.2) is 23.2 Å². The summed E-state index contributed by atoms with van der Waals surface area (Å²) in [5, 5.41) is 0. The molecule has 1 unspecified atom stereocenters. The highest BCUT2D eigenvalue weighted by Gasteiger charge is 2.27. The Bertz CT molecular complexity index is 477. The minimum absolute atomic E-state index is 0.269. The summed E-state index contributed by atoms with van der Waals surface area (Å²) >= 11 is 0. The maximum Gasteiger partial charge on any atom is 0.235 e. The second-order valence-electron chi connectivity index (χ2n) is 4.95. The molecule has 1 atom stereocenters. The van der Waals surface area contributed by atoms with Gasteiger partial charge in [-0.1, -0.05) is 19.3 Å². The van der Waals surface area contributed by atoms with E-state index in [1.807, 2.05) is 0 Å². The van der Waals surface area contributed by atoms with Crippen LogP contribution in [0.5, 0.6) is 5.75 Å². The van der Waals surface area contributed by atoms with Gasteiger partial charge in [0.1, 0.15) is 11.6 Å². The van der Waals surface area contributed by atoms with Crippen molar-refractivity contribution in [1.82, 2.24) is 0 Å². The van der Waals surface area contributed by atoms with Crippen LogP contribution in [-0.4, -0.2) is 13.2 Å². The van der Waals surface area contributed by atoms with Crippen LogP contribution in [0, 0.1) is 11.7 Å². The van der Waals surface area contributed by atoms with Crippen LogP contribution in [0.4, 0.5) is 4.39 Å². The van der Waals surface area contributed by atoms with Crippen LogP contribution in [0.25, 0.3) is 0 Å². The van der Waals surface area contributed by atoms with E-state index >= 15 is 0 Å². The second kappa shape index (κ2) is 6.48. The summed E-state index contributed by atoms with van der Waals surface area (Å²) in [5.41, 5.74) is 0.651. The standard InChI is InChI=1S/C15H18FNO2/c1-19-14-8-7-12(16)9-13(14)15(17-10-18)11-5-3-2-4-6-11/h7-9,11,15H,2-6H2,1H3. The highest BCUT2D eigenvalue weighted by atomic mass is 19.1. The fourth-order valence-electron chi connectivity index (χ4n) is 2.87. The number of carbonyl (C=O) groups excluding carboxylic acids is 1. The van der Waals surface area contributed by atoms with Gasteiger partial charge >= 0.3 is 0 Å². The molecule has 0 aliphatic heterocycles. The van der Waals surface area contributed by atoms with Crippen LogP contribution in [-0.2, 0) is 4.79 Å². The number of halogens is 1. The Morgan fingerprint density at radius 2 is 2.11 bits per heavy atom. The summed E-state index contributed by atoms with van der Waals surface area (Å²) in [4.78, 5) is 14.6. The van der Waals surface area contributed by atoms with Gasteiger partial charge in [0, 0.05) is 5.56 Å². The third-order valence-corrected chi connectivity index (χ3v) is 3.80. The number of nitrogens with zero attached hydrogens (tertiary/aromatic N) is 1. The molecule has 1 aromatic carbocycles. The molecule has 0 aromatic heterocycles. The molecular formula is C15H18FNO2. The van der Waals surface area contributed by atoms with Crippen molar-refractivity contribution in [1.29, 1.82) is 0 Å². The van der Waals surface area contributed by atoms with E-state index < -0.39 is 0 Å². The summed E-state index contributed by atoms with van der Waals surface area (Å²) in [7, 11) is 1.54. The van der Waals surface area contributed by atoms with E-state index in [1.165, 1.54) is 18.6 Å². The molecule has 3 nitrogen and oxygen atoms in total. The minimum Gasteiger partial charge on any atom is -0.496 e. The average Bonchev–Trinajstić information content (AvgIpc) is 2.45. The first-order valence-corrected chi connectivity index (χ1v) is 6.66.